The first-order valence-electron chi connectivity index (χ1n) is 4.95. The van der Waals surface area contributed by atoms with E-state index in [1.165, 1.54) is 0 Å². The SMILES string of the molecule is Cc1cc2c(cc1C(=O)O)CC(C)(C)O2. The lowest BCUT2D eigenvalue weighted by Gasteiger charge is -2.16. The van der Waals surface area contributed by atoms with Gasteiger partial charge < -0.3 is 9.84 Å². The van der Waals surface area contributed by atoms with E-state index in [2.05, 4.69) is 0 Å². The average molecular weight is 206 g/mol. The molecule has 1 aromatic rings. The smallest absolute Gasteiger partial charge is 0.335 e. The summed E-state index contributed by atoms with van der Waals surface area (Å²) >= 11 is 0. The maximum Gasteiger partial charge on any atom is 0.335 e. The molecule has 80 valence electrons. The molecule has 1 N–H and O–H groups in total. The number of aryl methyl sites for hydroxylation is 1. The normalized spacial score (nSPS) is 17.0. The van der Waals surface area contributed by atoms with E-state index in [1.807, 2.05) is 19.9 Å². The molecule has 0 atom stereocenters. The van der Waals surface area contributed by atoms with E-state index in [9.17, 15) is 4.79 Å². The Morgan fingerprint density at radius 1 is 1.47 bits per heavy atom. The largest absolute Gasteiger partial charge is 0.487 e. The highest BCUT2D eigenvalue weighted by Crippen LogP contribution is 2.36. The molecular formula is C12H14O3. The van der Waals surface area contributed by atoms with Gasteiger partial charge in [-0.15, -0.1) is 0 Å². The van der Waals surface area contributed by atoms with Crippen molar-refractivity contribution in [2.45, 2.75) is 32.8 Å². The summed E-state index contributed by atoms with van der Waals surface area (Å²) in [4.78, 5) is 10.9. The minimum absolute atomic E-state index is 0.216. The number of carboxylic acid groups (broad SMARTS) is 1. The van der Waals surface area contributed by atoms with Gasteiger partial charge in [0.25, 0.3) is 0 Å². The lowest BCUT2D eigenvalue weighted by Crippen LogP contribution is -2.24. The third kappa shape index (κ3) is 1.69. The van der Waals surface area contributed by atoms with E-state index >= 15 is 0 Å². The summed E-state index contributed by atoms with van der Waals surface area (Å²) in [7, 11) is 0. The van der Waals surface area contributed by atoms with Gasteiger partial charge in [-0.25, -0.2) is 4.79 Å². The van der Waals surface area contributed by atoms with Gasteiger partial charge in [0, 0.05) is 6.42 Å². The van der Waals surface area contributed by atoms with Crippen LogP contribution in [0.3, 0.4) is 0 Å². The van der Waals surface area contributed by atoms with Crippen LogP contribution >= 0.6 is 0 Å². The van der Waals surface area contributed by atoms with Crippen LogP contribution in [0.2, 0.25) is 0 Å². The highest BCUT2D eigenvalue weighted by Gasteiger charge is 2.31. The van der Waals surface area contributed by atoms with Crippen LogP contribution in [0.5, 0.6) is 5.75 Å². The van der Waals surface area contributed by atoms with Crippen molar-refractivity contribution in [1.82, 2.24) is 0 Å². The monoisotopic (exact) mass is 206 g/mol. The molecule has 0 fully saturated rings. The third-order valence-corrected chi connectivity index (χ3v) is 2.64. The second-order valence-electron chi connectivity index (χ2n) is 4.62. The molecule has 0 radical (unpaired) electrons. The van der Waals surface area contributed by atoms with Crippen LogP contribution in [-0.2, 0) is 6.42 Å². The second kappa shape index (κ2) is 2.99. The Hall–Kier alpha value is -1.51. The molecule has 3 heteroatoms. The molecule has 1 aliphatic rings. The van der Waals surface area contributed by atoms with Crippen molar-refractivity contribution in [2.75, 3.05) is 0 Å². The Labute approximate surface area is 88.7 Å². The molecule has 1 heterocycles. The standard InChI is InChI=1S/C12H14O3/c1-7-4-10-8(5-9(7)11(13)14)6-12(2,3)15-10/h4-5H,6H2,1-3H3,(H,13,14). The van der Waals surface area contributed by atoms with Gasteiger partial charge in [0.15, 0.2) is 0 Å². The van der Waals surface area contributed by atoms with E-state index in [4.69, 9.17) is 9.84 Å². The number of rotatable bonds is 1. The molecule has 0 bridgehead atoms. The summed E-state index contributed by atoms with van der Waals surface area (Å²) in [6.45, 7) is 5.80. The number of ether oxygens (including phenoxy) is 1. The predicted molar refractivity (Wildman–Crippen MR) is 56.5 cm³/mol. The van der Waals surface area contributed by atoms with Crippen molar-refractivity contribution < 1.29 is 14.6 Å². The van der Waals surface area contributed by atoms with Crippen molar-refractivity contribution in [3.63, 3.8) is 0 Å². The van der Waals surface area contributed by atoms with Crippen molar-refractivity contribution in [1.29, 1.82) is 0 Å². The number of fused-ring (bicyclic) bond motifs is 1. The highest BCUT2D eigenvalue weighted by atomic mass is 16.5. The number of carbonyl (C=O) groups is 1. The maximum absolute atomic E-state index is 10.9. The molecule has 3 nitrogen and oxygen atoms in total. The molecule has 1 aromatic carbocycles. The van der Waals surface area contributed by atoms with E-state index in [1.54, 1.807) is 13.0 Å². The first-order valence-corrected chi connectivity index (χ1v) is 4.95. The van der Waals surface area contributed by atoms with E-state index in [0.717, 1.165) is 23.3 Å². The van der Waals surface area contributed by atoms with Crippen molar-refractivity contribution in [3.05, 3.63) is 28.8 Å². The summed E-state index contributed by atoms with van der Waals surface area (Å²) in [5.41, 5.74) is 1.89. The molecule has 0 saturated carbocycles. The van der Waals surface area contributed by atoms with Gasteiger partial charge in [0.2, 0.25) is 0 Å². The minimum Gasteiger partial charge on any atom is -0.487 e. The molecule has 0 spiro atoms. The topological polar surface area (TPSA) is 46.5 Å². The molecule has 0 aliphatic carbocycles. The Morgan fingerprint density at radius 3 is 2.73 bits per heavy atom. The number of benzene rings is 1. The van der Waals surface area contributed by atoms with Crippen molar-refractivity contribution in [2.24, 2.45) is 0 Å². The van der Waals surface area contributed by atoms with Crippen molar-refractivity contribution in [3.8, 4) is 5.75 Å². The molecule has 0 unspecified atom stereocenters. The number of carboxylic acids is 1. The number of hydrogen-bond acceptors (Lipinski definition) is 2. The lowest BCUT2D eigenvalue weighted by atomic mass is 9.98. The number of aromatic carboxylic acids is 1. The molecule has 15 heavy (non-hydrogen) atoms. The first kappa shape index (κ1) is 10.0. The summed E-state index contributed by atoms with van der Waals surface area (Å²) < 4.78 is 5.72. The van der Waals surface area contributed by atoms with Crippen molar-refractivity contribution >= 4 is 5.97 Å². The third-order valence-electron chi connectivity index (χ3n) is 2.64. The van der Waals surface area contributed by atoms with E-state index in [0.29, 0.717) is 5.56 Å². The van der Waals surface area contributed by atoms with Crippen LogP contribution < -0.4 is 4.74 Å². The average Bonchev–Trinajstić information content (AvgIpc) is 2.36. The lowest BCUT2D eigenvalue weighted by molar-refractivity contribution is 0.0696. The zero-order valence-corrected chi connectivity index (χ0v) is 9.13. The molecule has 2 rings (SSSR count). The zero-order chi connectivity index (χ0) is 11.2. The fraction of sp³-hybridized carbons (Fsp3) is 0.417. The van der Waals surface area contributed by atoms with Gasteiger partial charge in [-0.3, -0.25) is 0 Å². The fourth-order valence-electron chi connectivity index (χ4n) is 1.98. The Morgan fingerprint density at radius 2 is 2.13 bits per heavy atom. The summed E-state index contributed by atoms with van der Waals surface area (Å²) in [5, 5.41) is 8.99. The predicted octanol–water partition coefficient (Wildman–Crippen LogP) is 2.41. The summed E-state index contributed by atoms with van der Waals surface area (Å²) in [6, 6.07) is 3.54. The van der Waals surface area contributed by atoms with Gasteiger partial charge in [-0.1, -0.05) is 0 Å². The van der Waals surface area contributed by atoms with Gasteiger partial charge >= 0.3 is 5.97 Å². The molecule has 0 amide bonds. The Bertz CT molecular complexity index is 433. The molecule has 1 aliphatic heterocycles. The molecular weight excluding hydrogens is 192 g/mol. The zero-order valence-electron chi connectivity index (χ0n) is 9.13. The maximum atomic E-state index is 10.9. The summed E-state index contributed by atoms with van der Waals surface area (Å²) in [5.74, 6) is -0.0532. The molecule has 0 saturated heterocycles. The van der Waals surface area contributed by atoms with E-state index < -0.39 is 5.97 Å². The highest BCUT2D eigenvalue weighted by molar-refractivity contribution is 5.90. The van der Waals surface area contributed by atoms with Gasteiger partial charge in [-0.2, -0.15) is 0 Å². The van der Waals surface area contributed by atoms with Crippen LogP contribution in [0.1, 0.15) is 35.3 Å². The fourth-order valence-corrected chi connectivity index (χ4v) is 1.98. The Balaban J connectivity index is 2.50. The van der Waals surface area contributed by atoms with Gasteiger partial charge in [0.05, 0.1) is 5.56 Å². The van der Waals surface area contributed by atoms with Crippen LogP contribution in [0, 0.1) is 6.92 Å². The minimum atomic E-state index is -0.875. The molecule has 0 aromatic heterocycles. The van der Waals surface area contributed by atoms with Gasteiger partial charge in [0.1, 0.15) is 11.4 Å². The van der Waals surface area contributed by atoms with Crippen LogP contribution in [0.15, 0.2) is 12.1 Å². The van der Waals surface area contributed by atoms with Crippen LogP contribution in [-0.4, -0.2) is 16.7 Å². The quantitative estimate of drug-likeness (QED) is 0.767. The second-order valence-corrected chi connectivity index (χ2v) is 4.62. The van der Waals surface area contributed by atoms with Crippen LogP contribution in [0.25, 0.3) is 0 Å². The Kier molecular flexibility index (Phi) is 2.00. The first-order chi connectivity index (χ1) is 6.89. The summed E-state index contributed by atoms with van der Waals surface area (Å²) in [6.07, 6.45) is 0.767. The van der Waals surface area contributed by atoms with Gasteiger partial charge in [-0.05, 0) is 44.0 Å². The van der Waals surface area contributed by atoms with E-state index in [-0.39, 0.29) is 5.60 Å². The van der Waals surface area contributed by atoms with Crippen LogP contribution in [0.4, 0.5) is 0 Å². The number of hydrogen-bond donors (Lipinski definition) is 1.